The molecule has 0 radical (unpaired) electrons. The molecule has 0 fully saturated rings. The van der Waals surface area contributed by atoms with Crippen molar-refractivity contribution in [3.05, 3.63) is 48.3 Å². The van der Waals surface area contributed by atoms with E-state index in [0.717, 1.165) is 23.8 Å². The number of aromatic nitrogens is 2. The molecule has 0 unspecified atom stereocenters. The van der Waals surface area contributed by atoms with Crippen LogP contribution in [0.4, 0.5) is 5.69 Å². The van der Waals surface area contributed by atoms with Crippen LogP contribution in [0.5, 0.6) is 0 Å². The lowest BCUT2D eigenvalue weighted by Crippen LogP contribution is -2.42. The van der Waals surface area contributed by atoms with Gasteiger partial charge in [0.15, 0.2) is 5.96 Å². The lowest BCUT2D eigenvalue weighted by atomic mass is 10.2. The van der Waals surface area contributed by atoms with Gasteiger partial charge in [-0.05, 0) is 43.9 Å². The first-order valence-corrected chi connectivity index (χ1v) is 10.0. The van der Waals surface area contributed by atoms with Gasteiger partial charge >= 0.3 is 0 Å². The van der Waals surface area contributed by atoms with E-state index < -0.39 is 0 Å². The first kappa shape index (κ1) is 24.3. The molecule has 3 N–H and O–H groups in total. The number of hydrogen-bond donors (Lipinski definition) is 3. The number of thioether (sulfide) groups is 1. The van der Waals surface area contributed by atoms with Crippen LogP contribution in [-0.2, 0) is 17.9 Å². The number of guanidine groups is 1. The molecule has 154 valence electrons. The minimum atomic E-state index is -0.111. The molecule has 0 spiro atoms. The predicted octanol–water partition coefficient (Wildman–Crippen LogP) is 2.95. The Balaban J connectivity index is 0.00000392. The first-order valence-electron chi connectivity index (χ1n) is 8.78. The molecular weight excluding hydrogens is 487 g/mol. The number of carbonyl (C=O) groups excluding carboxylic acids is 1. The largest absolute Gasteiger partial charge is 0.355 e. The van der Waals surface area contributed by atoms with Gasteiger partial charge in [0.25, 0.3) is 0 Å². The van der Waals surface area contributed by atoms with E-state index in [4.69, 9.17) is 0 Å². The van der Waals surface area contributed by atoms with Gasteiger partial charge in [0.2, 0.25) is 5.91 Å². The molecule has 1 heterocycles. The fourth-order valence-corrected chi connectivity index (χ4v) is 2.49. The number of rotatable bonds is 8. The van der Waals surface area contributed by atoms with Crippen molar-refractivity contribution in [3.8, 4) is 0 Å². The highest BCUT2D eigenvalue weighted by Crippen LogP contribution is 2.19. The van der Waals surface area contributed by atoms with Gasteiger partial charge in [-0.3, -0.25) is 14.5 Å². The van der Waals surface area contributed by atoms with Crippen LogP contribution in [-0.4, -0.2) is 46.2 Å². The number of nitrogens with zero attached hydrogens (tertiary/aromatic N) is 3. The highest BCUT2D eigenvalue weighted by Gasteiger charge is 2.16. The second-order valence-corrected chi connectivity index (χ2v) is 8.21. The van der Waals surface area contributed by atoms with Gasteiger partial charge in [0, 0.05) is 43.0 Å². The normalized spacial score (nSPS) is 11.5. The molecule has 0 aliphatic carbocycles. The van der Waals surface area contributed by atoms with Crippen LogP contribution in [0.1, 0.15) is 19.4 Å². The Morgan fingerprint density at radius 1 is 1.29 bits per heavy atom. The van der Waals surface area contributed by atoms with Crippen molar-refractivity contribution in [1.29, 1.82) is 0 Å². The van der Waals surface area contributed by atoms with E-state index in [9.17, 15) is 4.79 Å². The van der Waals surface area contributed by atoms with Crippen LogP contribution in [0.3, 0.4) is 0 Å². The van der Waals surface area contributed by atoms with Gasteiger partial charge < -0.3 is 16.0 Å². The smallest absolute Gasteiger partial charge is 0.246 e. The fourth-order valence-electron chi connectivity index (χ4n) is 2.28. The summed E-state index contributed by atoms with van der Waals surface area (Å²) in [7, 11) is 1.76. The quantitative estimate of drug-likeness (QED) is 0.286. The van der Waals surface area contributed by atoms with E-state index in [0.29, 0.717) is 6.54 Å². The molecule has 0 saturated heterocycles. The number of aliphatic imine (C=N–C) groups is 1. The summed E-state index contributed by atoms with van der Waals surface area (Å²) in [5.41, 5.74) is 1.82. The minimum Gasteiger partial charge on any atom is -0.355 e. The Hall–Kier alpha value is -1.75. The summed E-state index contributed by atoms with van der Waals surface area (Å²) in [5, 5.41) is 13.6. The van der Waals surface area contributed by atoms with Crippen molar-refractivity contribution >= 4 is 53.3 Å². The Morgan fingerprint density at radius 2 is 2.07 bits per heavy atom. The van der Waals surface area contributed by atoms with E-state index in [-0.39, 0.29) is 41.2 Å². The Kier molecular flexibility index (Phi) is 10.4. The van der Waals surface area contributed by atoms with Crippen molar-refractivity contribution in [2.75, 3.05) is 25.2 Å². The molecule has 28 heavy (non-hydrogen) atoms. The van der Waals surface area contributed by atoms with Crippen LogP contribution < -0.4 is 16.0 Å². The highest BCUT2D eigenvalue weighted by atomic mass is 127. The number of anilines is 1. The summed E-state index contributed by atoms with van der Waals surface area (Å²) in [6.45, 7) is 6.00. The SMILES string of the molecule is CN=C(NCc1cccc(NC(=O)Cn2cccn2)c1)NCC(C)(C)SC.I. The third-order valence-corrected chi connectivity index (χ3v) is 5.24. The molecule has 1 aromatic heterocycles. The molecule has 1 aromatic carbocycles. The summed E-state index contributed by atoms with van der Waals surface area (Å²) >= 11 is 1.81. The van der Waals surface area contributed by atoms with Crippen molar-refractivity contribution in [3.63, 3.8) is 0 Å². The topological polar surface area (TPSA) is 83.3 Å². The van der Waals surface area contributed by atoms with E-state index in [1.54, 1.807) is 30.2 Å². The third kappa shape index (κ3) is 8.51. The van der Waals surface area contributed by atoms with Crippen LogP contribution >= 0.6 is 35.7 Å². The molecule has 0 atom stereocenters. The van der Waals surface area contributed by atoms with Crippen molar-refractivity contribution in [2.45, 2.75) is 31.7 Å². The lowest BCUT2D eigenvalue weighted by Gasteiger charge is -2.23. The average Bonchev–Trinajstić information content (AvgIpc) is 3.15. The number of nitrogens with one attached hydrogen (secondary N) is 3. The molecule has 7 nitrogen and oxygen atoms in total. The Morgan fingerprint density at radius 3 is 2.71 bits per heavy atom. The van der Waals surface area contributed by atoms with Crippen LogP contribution in [0.25, 0.3) is 0 Å². The maximum Gasteiger partial charge on any atom is 0.246 e. The first-order chi connectivity index (χ1) is 12.9. The van der Waals surface area contributed by atoms with Gasteiger partial charge in [-0.25, -0.2) is 0 Å². The maximum atomic E-state index is 12.1. The van der Waals surface area contributed by atoms with Crippen molar-refractivity contribution in [1.82, 2.24) is 20.4 Å². The van der Waals surface area contributed by atoms with Crippen LogP contribution in [0.15, 0.2) is 47.7 Å². The summed E-state index contributed by atoms with van der Waals surface area (Å²) in [5.74, 6) is 0.644. The molecule has 1 amide bonds. The maximum absolute atomic E-state index is 12.1. The second kappa shape index (κ2) is 11.9. The minimum absolute atomic E-state index is 0. The average molecular weight is 516 g/mol. The van der Waals surface area contributed by atoms with Crippen molar-refractivity contribution in [2.24, 2.45) is 4.99 Å². The predicted molar refractivity (Wildman–Crippen MR) is 129 cm³/mol. The zero-order chi connectivity index (χ0) is 19.7. The summed E-state index contributed by atoms with van der Waals surface area (Å²) in [4.78, 5) is 16.4. The Bertz CT molecular complexity index is 764. The summed E-state index contributed by atoms with van der Waals surface area (Å²) in [6.07, 6.45) is 5.52. The molecule has 2 rings (SSSR count). The van der Waals surface area contributed by atoms with Crippen LogP contribution in [0.2, 0.25) is 0 Å². The van der Waals surface area contributed by atoms with Gasteiger partial charge in [0.1, 0.15) is 6.54 Å². The standard InChI is InChI=1S/C19H28N6OS.HI/c1-19(2,27-4)14-22-18(20-3)21-12-15-7-5-8-16(11-15)24-17(26)13-25-10-6-9-23-25;/h5-11H,12-14H2,1-4H3,(H,24,26)(H2,20,21,22);1H. The van der Waals surface area contributed by atoms with Gasteiger partial charge in [-0.2, -0.15) is 16.9 Å². The van der Waals surface area contributed by atoms with E-state index >= 15 is 0 Å². The van der Waals surface area contributed by atoms with Crippen molar-refractivity contribution < 1.29 is 4.79 Å². The fraction of sp³-hybridized carbons (Fsp3) is 0.421. The van der Waals surface area contributed by atoms with E-state index in [1.165, 1.54) is 0 Å². The number of carbonyl (C=O) groups is 1. The van der Waals surface area contributed by atoms with Crippen LogP contribution in [0, 0.1) is 0 Å². The summed E-state index contributed by atoms with van der Waals surface area (Å²) < 4.78 is 1.73. The zero-order valence-electron chi connectivity index (χ0n) is 16.7. The molecule has 0 aliphatic heterocycles. The number of amides is 1. The van der Waals surface area contributed by atoms with Gasteiger partial charge in [0.05, 0.1) is 0 Å². The molecule has 0 saturated carbocycles. The number of hydrogen-bond acceptors (Lipinski definition) is 4. The Labute approximate surface area is 188 Å². The molecule has 0 aliphatic rings. The summed E-state index contributed by atoms with van der Waals surface area (Å²) in [6, 6.07) is 9.55. The lowest BCUT2D eigenvalue weighted by molar-refractivity contribution is -0.116. The number of halogens is 1. The van der Waals surface area contributed by atoms with E-state index in [2.05, 4.69) is 46.1 Å². The third-order valence-electron chi connectivity index (χ3n) is 3.99. The zero-order valence-corrected chi connectivity index (χ0v) is 19.9. The molecule has 0 bridgehead atoms. The molecular formula is C19H29IN6OS. The molecule has 2 aromatic rings. The monoisotopic (exact) mass is 516 g/mol. The van der Waals surface area contributed by atoms with Gasteiger partial charge in [-0.1, -0.05) is 12.1 Å². The van der Waals surface area contributed by atoms with E-state index in [1.807, 2.05) is 36.0 Å². The number of benzene rings is 1. The second-order valence-electron chi connectivity index (χ2n) is 6.70. The molecule has 9 heteroatoms. The highest BCUT2D eigenvalue weighted by molar-refractivity contribution is 14.0. The van der Waals surface area contributed by atoms with Gasteiger partial charge in [-0.15, -0.1) is 24.0 Å².